The molecule has 0 fully saturated rings. The first kappa shape index (κ1) is 27.7. The Morgan fingerprint density at radius 1 is 0.407 bits per heavy atom. The van der Waals surface area contributed by atoms with Gasteiger partial charge in [0, 0.05) is 0 Å². The predicted octanol–water partition coefficient (Wildman–Crippen LogP) is 7.91. The molecule has 0 radical (unpaired) electrons. The molecule has 0 aromatic rings. The van der Waals surface area contributed by atoms with Crippen molar-refractivity contribution in [1.29, 1.82) is 0 Å². The van der Waals surface area contributed by atoms with Crippen molar-refractivity contribution in [3.63, 3.8) is 0 Å². The normalized spacial score (nSPS) is 12.0. The minimum absolute atomic E-state index is 0.835. The first-order valence-corrected chi connectivity index (χ1v) is 17.7. The topological polar surface area (TPSA) is 27.7 Å². The molecular formula is C23H50O3Sn. The van der Waals surface area contributed by atoms with E-state index in [1.54, 1.807) is 0 Å². The summed E-state index contributed by atoms with van der Waals surface area (Å²) in [6.07, 6.45) is 18.7. The van der Waals surface area contributed by atoms with Gasteiger partial charge in [0.15, 0.2) is 0 Å². The van der Waals surface area contributed by atoms with E-state index in [2.05, 4.69) is 27.7 Å². The Morgan fingerprint density at radius 2 is 0.741 bits per heavy atom. The second kappa shape index (κ2) is 21.4. The van der Waals surface area contributed by atoms with Gasteiger partial charge in [-0.25, -0.2) is 0 Å². The Kier molecular flexibility index (Phi) is 21.9. The van der Waals surface area contributed by atoms with Gasteiger partial charge in [0.1, 0.15) is 0 Å². The Morgan fingerprint density at radius 3 is 1.15 bits per heavy atom. The van der Waals surface area contributed by atoms with E-state index in [1.165, 1.54) is 77.0 Å². The van der Waals surface area contributed by atoms with Crippen molar-refractivity contribution in [3.8, 4) is 0 Å². The van der Waals surface area contributed by atoms with Crippen LogP contribution in [0.4, 0.5) is 0 Å². The fourth-order valence-electron chi connectivity index (χ4n) is 3.20. The fraction of sp³-hybridized carbons (Fsp3) is 1.00. The molecule has 0 spiro atoms. The van der Waals surface area contributed by atoms with Crippen LogP contribution in [0.1, 0.15) is 124 Å². The molecule has 27 heavy (non-hydrogen) atoms. The van der Waals surface area contributed by atoms with Gasteiger partial charge in [0.25, 0.3) is 0 Å². The molecule has 0 aliphatic carbocycles. The average molecular weight is 493 g/mol. The summed E-state index contributed by atoms with van der Waals surface area (Å²) in [6.45, 7) is 11.5. The van der Waals surface area contributed by atoms with E-state index in [0.29, 0.717) is 0 Å². The molecule has 0 bridgehead atoms. The zero-order chi connectivity index (χ0) is 20.1. The molecule has 0 N–H and O–H groups in total. The molecule has 0 heterocycles. The first-order chi connectivity index (χ1) is 13.2. The summed E-state index contributed by atoms with van der Waals surface area (Å²) in [5.41, 5.74) is 0. The van der Waals surface area contributed by atoms with E-state index in [0.717, 1.165) is 43.5 Å². The van der Waals surface area contributed by atoms with Crippen molar-refractivity contribution in [3.05, 3.63) is 0 Å². The summed E-state index contributed by atoms with van der Waals surface area (Å²) in [5, 5.41) is 0. The average Bonchev–Trinajstić information content (AvgIpc) is 2.68. The zero-order valence-electron chi connectivity index (χ0n) is 19.2. The molecule has 164 valence electrons. The van der Waals surface area contributed by atoms with Crippen molar-refractivity contribution >= 4 is 19.6 Å². The third kappa shape index (κ3) is 17.3. The number of rotatable bonds is 22. The Hall–Kier alpha value is 0.679. The van der Waals surface area contributed by atoms with Crippen molar-refractivity contribution in [2.24, 2.45) is 0 Å². The van der Waals surface area contributed by atoms with Crippen molar-refractivity contribution < 1.29 is 9.22 Å². The van der Waals surface area contributed by atoms with Gasteiger partial charge in [0.05, 0.1) is 0 Å². The SMILES string of the molecule is CCCCCCC[CH2][Sn]([O]CCCCC)([O]CCCCC)[O]CCCCC. The van der Waals surface area contributed by atoms with Crippen LogP contribution in [0, 0.1) is 0 Å². The van der Waals surface area contributed by atoms with Crippen molar-refractivity contribution in [1.82, 2.24) is 0 Å². The molecule has 0 aliphatic rings. The minimum atomic E-state index is -3.39. The second-order valence-electron chi connectivity index (χ2n) is 7.87. The van der Waals surface area contributed by atoms with Crippen LogP contribution in [0.25, 0.3) is 0 Å². The van der Waals surface area contributed by atoms with E-state index >= 15 is 0 Å². The molecule has 3 nitrogen and oxygen atoms in total. The van der Waals surface area contributed by atoms with Crippen LogP contribution in [0.5, 0.6) is 0 Å². The third-order valence-corrected chi connectivity index (χ3v) is 13.3. The molecule has 0 aromatic carbocycles. The maximum absolute atomic E-state index is 6.49. The number of hydrogen-bond donors (Lipinski definition) is 0. The summed E-state index contributed by atoms with van der Waals surface area (Å²) in [5.74, 6) is 0. The van der Waals surface area contributed by atoms with Gasteiger partial charge < -0.3 is 0 Å². The van der Waals surface area contributed by atoms with E-state index < -0.39 is 19.6 Å². The van der Waals surface area contributed by atoms with Crippen LogP contribution in [0.3, 0.4) is 0 Å². The molecule has 0 aromatic heterocycles. The molecule has 0 rings (SSSR count). The number of unbranched alkanes of at least 4 members (excludes halogenated alkanes) is 11. The molecule has 0 saturated carbocycles. The summed E-state index contributed by atoms with van der Waals surface area (Å²) < 4.78 is 20.5. The third-order valence-electron chi connectivity index (χ3n) is 5.05. The van der Waals surface area contributed by atoms with Crippen molar-refractivity contribution in [2.75, 3.05) is 19.8 Å². The van der Waals surface area contributed by atoms with E-state index in [-0.39, 0.29) is 0 Å². The summed E-state index contributed by atoms with van der Waals surface area (Å²) in [4.78, 5) is 0. The van der Waals surface area contributed by atoms with Crippen molar-refractivity contribution in [2.45, 2.75) is 128 Å². The second-order valence-corrected chi connectivity index (χ2v) is 15.7. The van der Waals surface area contributed by atoms with Gasteiger partial charge >= 0.3 is 177 Å². The van der Waals surface area contributed by atoms with Gasteiger partial charge in [-0.1, -0.05) is 0 Å². The van der Waals surface area contributed by atoms with Gasteiger partial charge in [0.2, 0.25) is 0 Å². The van der Waals surface area contributed by atoms with E-state index in [1.807, 2.05) is 0 Å². The van der Waals surface area contributed by atoms with E-state index in [9.17, 15) is 0 Å². The Balaban J connectivity index is 4.61. The van der Waals surface area contributed by atoms with Gasteiger partial charge in [-0.15, -0.1) is 0 Å². The first-order valence-electron chi connectivity index (χ1n) is 12.2. The predicted molar refractivity (Wildman–Crippen MR) is 120 cm³/mol. The fourth-order valence-corrected chi connectivity index (χ4v) is 11.0. The Bertz CT molecular complexity index is 256. The molecule has 0 atom stereocenters. The summed E-state index contributed by atoms with van der Waals surface area (Å²) in [6, 6.07) is 0. The van der Waals surface area contributed by atoms with E-state index in [4.69, 9.17) is 9.22 Å². The van der Waals surface area contributed by atoms with Crippen LogP contribution >= 0.6 is 0 Å². The quantitative estimate of drug-likeness (QED) is 0.113. The molecule has 4 heteroatoms. The van der Waals surface area contributed by atoms with Crippen LogP contribution < -0.4 is 0 Å². The van der Waals surface area contributed by atoms with Crippen LogP contribution in [0.15, 0.2) is 0 Å². The monoisotopic (exact) mass is 494 g/mol. The van der Waals surface area contributed by atoms with Gasteiger partial charge in [-0.3, -0.25) is 0 Å². The summed E-state index contributed by atoms with van der Waals surface area (Å²) >= 11 is -3.39. The zero-order valence-corrected chi connectivity index (χ0v) is 22.0. The molecule has 0 saturated heterocycles. The maximum atomic E-state index is 6.49. The van der Waals surface area contributed by atoms with Crippen LogP contribution in [-0.2, 0) is 9.22 Å². The molecule has 0 amide bonds. The molecular weight excluding hydrogens is 443 g/mol. The van der Waals surface area contributed by atoms with Crippen LogP contribution in [-0.4, -0.2) is 39.4 Å². The van der Waals surface area contributed by atoms with Crippen LogP contribution in [0.2, 0.25) is 4.44 Å². The molecule has 0 unspecified atom stereocenters. The number of hydrogen-bond acceptors (Lipinski definition) is 3. The molecule has 0 aliphatic heterocycles. The standard InChI is InChI=1S/C8H17.3C5H11O.Sn/c1-3-5-7-8-6-4-2;3*1-2-3-4-5-6;/h1,3-8H2,2H3;3*2-5H2,1H3;/q;3*-1;+3. The summed E-state index contributed by atoms with van der Waals surface area (Å²) in [7, 11) is 0. The Labute approximate surface area is 176 Å². The van der Waals surface area contributed by atoms with Gasteiger partial charge in [-0.2, -0.15) is 0 Å². The van der Waals surface area contributed by atoms with Gasteiger partial charge in [-0.05, 0) is 0 Å².